The van der Waals surface area contributed by atoms with E-state index in [0.717, 1.165) is 25.7 Å². The van der Waals surface area contributed by atoms with Gasteiger partial charge in [0.2, 0.25) is 10.0 Å². The van der Waals surface area contributed by atoms with Gasteiger partial charge in [-0.15, -0.1) is 12.4 Å². The van der Waals surface area contributed by atoms with Gasteiger partial charge in [0.25, 0.3) is 0 Å². The van der Waals surface area contributed by atoms with Crippen molar-refractivity contribution in [2.24, 2.45) is 5.73 Å². The third-order valence-corrected chi connectivity index (χ3v) is 4.81. The van der Waals surface area contributed by atoms with Crippen molar-refractivity contribution in [1.29, 1.82) is 0 Å². The third kappa shape index (κ3) is 4.70. The Hall–Kier alpha value is -0.690. The van der Waals surface area contributed by atoms with Gasteiger partial charge in [-0.25, -0.2) is 17.5 Å². The van der Waals surface area contributed by atoms with Crippen LogP contribution in [0.3, 0.4) is 0 Å². The van der Waals surface area contributed by atoms with E-state index in [2.05, 4.69) is 4.72 Å². The van der Waals surface area contributed by atoms with Gasteiger partial charge in [0, 0.05) is 17.6 Å². The van der Waals surface area contributed by atoms with Crippen molar-refractivity contribution >= 4 is 22.4 Å². The van der Waals surface area contributed by atoms with Crippen LogP contribution in [0.5, 0.6) is 0 Å². The van der Waals surface area contributed by atoms with Crippen molar-refractivity contribution in [3.63, 3.8) is 0 Å². The van der Waals surface area contributed by atoms with E-state index >= 15 is 0 Å². The molecule has 0 unspecified atom stereocenters. The predicted octanol–water partition coefficient (Wildman–Crippen LogP) is 1.94. The molecule has 1 saturated carbocycles. The molecule has 1 aliphatic carbocycles. The van der Waals surface area contributed by atoms with Crippen LogP contribution in [0.1, 0.15) is 31.2 Å². The molecule has 0 heterocycles. The second kappa shape index (κ2) is 7.36. The van der Waals surface area contributed by atoms with Crippen molar-refractivity contribution in [3.05, 3.63) is 35.6 Å². The molecule has 7 heteroatoms. The number of sulfonamides is 1. The fourth-order valence-corrected chi connectivity index (χ4v) is 3.88. The number of hydrogen-bond donors (Lipinski definition) is 2. The van der Waals surface area contributed by atoms with Crippen LogP contribution in [0, 0.1) is 5.82 Å². The molecule has 3 N–H and O–H groups in total. The first-order valence-corrected chi connectivity index (χ1v) is 8.12. The van der Waals surface area contributed by atoms with Crippen LogP contribution < -0.4 is 10.5 Å². The van der Waals surface area contributed by atoms with Gasteiger partial charge in [0.15, 0.2) is 0 Å². The lowest BCUT2D eigenvalue weighted by molar-refractivity contribution is 0.361. The fourth-order valence-electron chi connectivity index (χ4n) is 2.40. The summed E-state index contributed by atoms with van der Waals surface area (Å²) in [6.45, 7) is 0. The molecule has 2 atom stereocenters. The maximum Gasteiger partial charge on any atom is 0.216 e. The minimum absolute atomic E-state index is 0. The zero-order chi connectivity index (χ0) is 13.9. The Bertz CT molecular complexity index is 539. The molecule has 1 aromatic carbocycles. The zero-order valence-corrected chi connectivity index (χ0v) is 12.7. The van der Waals surface area contributed by atoms with Crippen molar-refractivity contribution < 1.29 is 12.8 Å². The lowest BCUT2D eigenvalue weighted by Crippen LogP contribution is -2.49. The highest BCUT2D eigenvalue weighted by Gasteiger charge is 2.26. The van der Waals surface area contributed by atoms with Crippen LogP contribution in [-0.4, -0.2) is 20.5 Å². The maximum atomic E-state index is 13.5. The molecule has 0 aliphatic heterocycles. The third-order valence-electron chi connectivity index (χ3n) is 3.45. The summed E-state index contributed by atoms with van der Waals surface area (Å²) in [5.74, 6) is -0.844. The summed E-state index contributed by atoms with van der Waals surface area (Å²) in [6.07, 6.45) is 3.58. The van der Waals surface area contributed by atoms with E-state index < -0.39 is 15.8 Å². The first kappa shape index (κ1) is 17.4. The Morgan fingerprint density at radius 2 is 1.90 bits per heavy atom. The smallest absolute Gasteiger partial charge is 0.216 e. The predicted molar refractivity (Wildman–Crippen MR) is 79.6 cm³/mol. The molecule has 0 amide bonds. The average Bonchev–Trinajstić information content (AvgIpc) is 2.35. The van der Waals surface area contributed by atoms with Crippen LogP contribution in [0.2, 0.25) is 0 Å². The standard InChI is InChI=1S/C13H19FN2O2S.ClH/c14-11-6-2-1-5-10(11)9-19(17,18)16-13-8-4-3-7-12(13)15;/h1-2,5-6,12-13,16H,3-4,7-9,15H2;1H/t12-,13-;/m1./s1. The molecule has 20 heavy (non-hydrogen) atoms. The molecule has 0 bridgehead atoms. The van der Waals surface area contributed by atoms with Crippen LogP contribution in [0.25, 0.3) is 0 Å². The second-order valence-electron chi connectivity index (χ2n) is 5.02. The maximum absolute atomic E-state index is 13.5. The highest BCUT2D eigenvalue weighted by atomic mass is 35.5. The van der Waals surface area contributed by atoms with Gasteiger partial charge < -0.3 is 5.73 Å². The lowest BCUT2D eigenvalue weighted by Gasteiger charge is -2.29. The Balaban J connectivity index is 0.00000200. The molecule has 0 radical (unpaired) electrons. The van der Waals surface area contributed by atoms with E-state index in [1.54, 1.807) is 6.07 Å². The summed E-state index contributed by atoms with van der Waals surface area (Å²) in [7, 11) is -3.56. The van der Waals surface area contributed by atoms with E-state index in [1.807, 2.05) is 0 Å². The second-order valence-corrected chi connectivity index (χ2v) is 6.78. The molecule has 0 aromatic heterocycles. The van der Waals surface area contributed by atoms with Crippen LogP contribution in [0.15, 0.2) is 24.3 Å². The van der Waals surface area contributed by atoms with E-state index in [1.165, 1.54) is 18.2 Å². The van der Waals surface area contributed by atoms with E-state index in [9.17, 15) is 12.8 Å². The normalized spacial score (nSPS) is 23.1. The Labute approximate surface area is 125 Å². The zero-order valence-electron chi connectivity index (χ0n) is 11.1. The van der Waals surface area contributed by atoms with Crippen molar-refractivity contribution in [2.45, 2.75) is 43.5 Å². The molecular weight excluding hydrogens is 303 g/mol. The Morgan fingerprint density at radius 1 is 1.25 bits per heavy atom. The van der Waals surface area contributed by atoms with Gasteiger partial charge >= 0.3 is 0 Å². The summed E-state index contributed by atoms with van der Waals surface area (Å²) in [6, 6.07) is 5.53. The summed E-state index contributed by atoms with van der Waals surface area (Å²) < 4.78 is 40.1. The Morgan fingerprint density at radius 3 is 2.55 bits per heavy atom. The average molecular weight is 323 g/mol. The molecule has 0 saturated heterocycles. The SMILES string of the molecule is Cl.N[C@@H]1CCCC[C@H]1NS(=O)(=O)Cc1ccccc1F. The van der Waals surface area contributed by atoms with Gasteiger partial charge in [0.05, 0.1) is 5.75 Å². The van der Waals surface area contributed by atoms with Gasteiger partial charge in [0.1, 0.15) is 5.82 Å². The highest BCUT2D eigenvalue weighted by Crippen LogP contribution is 2.18. The molecule has 2 rings (SSSR count). The molecule has 4 nitrogen and oxygen atoms in total. The molecule has 0 spiro atoms. The first-order chi connectivity index (χ1) is 8.98. The summed E-state index contributed by atoms with van der Waals surface area (Å²) >= 11 is 0. The van der Waals surface area contributed by atoms with Crippen LogP contribution >= 0.6 is 12.4 Å². The fraction of sp³-hybridized carbons (Fsp3) is 0.538. The number of nitrogens with two attached hydrogens (primary N) is 1. The summed E-state index contributed by atoms with van der Waals surface area (Å²) in [4.78, 5) is 0. The number of benzene rings is 1. The molecular formula is C13H20ClFN2O2S. The van der Waals surface area contributed by atoms with Crippen molar-refractivity contribution in [3.8, 4) is 0 Å². The number of halogens is 2. The highest BCUT2D eigenvalue weighted by molar-refractivity contribution is 7.88. The summed E-state index contributed by atoms with van der Waals surface area (Å²) in [5, 5.41) is 0. The topological polar surface area (TPSA) is 72.2 Å². The lowest BCUT2D eigenvalue weighted by atomic mass is 9.92. The number of hydrogen-bond acceptors (Lipinski definition) is 3. The molecule has 114 valence electrons. The van der Waals surface area contributed by atoms with Crippen LogP contribution in [-0.2, 0) is 15.8 Å². The monoisotopic (exact) mass is 322 g/mol. The number of rotatable bonds is 4. The van der Waals surface area contributed by atoms with Gasteiger partial charge in [-0.2, -0.15) is 0 Å². The summed E-state index contributed by atoms with van der Waals surface area (Å²) in [5.41, 5.74) is 6.09. The van der Waals surface area contributed by atoms with Gasteiger partial charge in [-0.05, 0) is 18.9 Å². The van der Waals surface area contributed by atoms with Crippen molar-refractivity contribution in [1.82, 2.24) is 4.72 Å². The number of nitrogens with one attached hydrogen (secondary N) is 1. The van der Waals surface area contributed by atoms with E-state index in [0.29, 0.717) is 0 Å². The van der Waals surface area contributed by atoms with Gasteiger partial charge in [-0.1, -0.05) is 31.0 Å². The Kier molecular flexibility index (Phi) is 6.39. The van der Waals surface area contributed by atoms with E-state index in [4.69, 9.17) is 5.73 Å². The minimum atomic E-state index is -3.56. The van der Waals surface area contributed by atoms with Crippen LogP contribution in [0.4, 0.5) is 4.39 Å². The molecule has 1 fully saturated rings. The minimum Gasteiger partial charge on any atom is -0.326 e. The quantitative estimate of drug-likeness (QED) is 0.889. The molecule has 1 aliphatic rings. The first-order valence-electron chi connectivity index (χ1n) is 6.47. The van der Waals surface area contributed by atoms with Gasteiger partial charge in [-0.3, -0.25) is 0 Å². The van der Waals surface area contributed by atoms with Crippen molar-refractivity contribution in [2.75, 3.05) is 0 Å². The largest absolute Gasteiger partial charge is 0.326 e. The molecule has 1 aromatic rings. The van der Waals surface area contributed by atoms with E-state index in [-0.39, 0.29) is 35.8 Å².